The molecule has 1 aromatic heterocycles. The van der Waals surface area contributed by atoms with Crippen LogP contribution in [0.5, 0.6) is 0 Å². The fourth-order valence-electron chi connectivity index (χ4n) is 4.87. The number of hydrogen-bond acceptors (Lipinski definition) is 3. The van der Waals surface area contributed by atoms with E-state index in [1.54, 1.807) is 6.08 Å². The number of piperidine rings is 1. The zero-order chi connectivity index (χ0) is 20.5. The maximum absolute atomic E-state index is 12.8. The van der Waals surface area contributed by atoms with Crippen molar-refractivity contribution < 1.29 is 14.3 Å². The van der Waals surface area contributed by atoms with Gasteiger partial charge in [0.25, 0.3) is 0 Å². The van der Waals surface area contributed by atoms with E-state index in [9.17, 15) is 4.79 Å². The maximum Gasteiger partial charge on any atom is 0.246 e. The van der Waals surface area contributed by atoms with Crippen LogP contribution in [0.3, 0.4) is 0 Å². The van der Waals surface area contributed by atoms with Gasteiger partial charge < -0.3 is 18.9 Å². The highest BCUT2D eigenvalue weighted by atomic mass is 16.7. The second-order valence-electron chi connectivity index (χ2n) is 8.17. The summed E-state index contributed by atoms with van der Waals surface area (Å²) < 4.78 is 13.7. The number of aromatic nitrogens is 1. The Morgan fingerprint density at radius 1 is 1.10 bits per heavy atom. The van der Waals surface area contributed by atoms with Gasteiger partial charge in [0.15, 0.2) is 6.29 Å². The molecule has 1 amide bonds. The highest BCUT2D eigenvalue weighted by Crippen LogP contribution is 2.30. The molecule has 3 aromatic rings. The van der Waals surface area contributed by atoms with E-state index in [0.717, 1.165) is 31.5 Å². The number of benzene rings is 2. The average molecular weight is 405 g/mol. The Hall–Kier alpha value is -2.63. The van der Waals surface area contributed by atoms with Crippen LogP contribution in [0.15, 0.2) is 48.5 Å². The van der Waals surface area contributed by atoms with Crippen LogP contribution in [-0.4, -0.2) is 48.0 Å². The molecule has 0 aliphatic carbocycles. The third-order valence-electron chi connectivity index (χ3n) is 6.33. The van der Waals surface area contributed by atoms with Gasteiger partial charge in [0.1, 0.15) is 0 Å². The zero-order valence-corrected chi connectivity index (χ0v) is 17.4. The van der Waals surface area contributed by atoms with E-state index in [4.69, 9.17) is 9.47 Å². The average Bonchev–Trinajstić information content (AvgIpc) is 3.44. The number of carbonyl (C=O) groups excluding carboxylic acids is 1. The fourth-order valence-corrected chi connectivity index (χ4v) is 4.87. The third-order valence-corrected chi connectivity index (χ3v) is 6.33. The van der Waals surface area contributed by atoms with Crippen LogP contribution in [0.4, 0.5) is 0 Å². The van der Waals surface area contributed by atoms with Crippen molar-refractivity contribution in [3.8, 4) is 0 Å². The normalized spacial score (nSPS) is 20.7. The monoisotopic (exact) mass is 404 g/mol. The lowest BCUT2D eigenvalue weighted by molar-refractivity contribution is -0.134. The van der Waals surface area contributed by atoms with E-state index in [0.29, 0.717) is 19.8 Å². The van der Waals surface area contributed by atoms with Crippen LogP contribution in [0.25, 0.3) is 27.9 Å². The summed E-state index contributed by atoms with van der Waals surface area (Å²) in [4.78, 5) is 14.7. The van der Waals surface area contributed by atoms with Crippen molar-refractivity contribution in [3.63, 3.8) is 0 Å². The molecule has 0 saturated carbocycles. The van der Waals surface area contributed by atoms with E-state index in [-0.39, 0.29) is 18.1 Å². The molecule has 1 atom stereocenters. The second kappa shape index (κ2) is 8.25. The van der Waals surface area contributed by atoms with Crippen LogP contribution < -0.4 is 0 Å². The Bertz CT molecular complexity index is 1090. The minimum Gasteiger partial charge on any atom is -0.350 e. The van der Waals surface area contributed by atoms with Gasteiger partial charge >= 0.3 is 0 Å². The first-order valence-electron chi connectivity index (χ1n) is 11.0. The molecule has 2 fully saturated rings. The molecule has 2 aromatic carbocycles. The van der Waals surface area contributed by atoms with Crippen LogP contribution in [0.1, 0.15) is 25.3 Å². The topological polar surface area (TPSA) is 43.7 Å². The van der Waals surface area contributed by atoms with Gasteiger partial charge in [0.05, 0.1) is 13.2 Å². The first-order chi connectivity index (χ1) is 14.7. The lowest BCUT2D eigenvalue weighted by Crippen LogP contribution is -2.43. The van der Waals surface area contributed by atoms with Crippen LogP contribution >= 0.6 is 0 Å². The molecule has 5 rings (SSSR count). The third kappa shape index (κ3) is 3.53. The molecule has 2 saturated heterocycles. The number of fused-ring (bicyclic) bond motifs is 3. The number of carbonyl (C=O) groups is 1. The lowest BCUT2D eigenvalue weighted by Gasteiger charge is -2.34. The summed E-state index contributed by atoms with van der Waals surface area (Å²) in [6, 6.07) is 14.9. The number of nitrogens with zero attached hydrogens (tertiary/aromatic N) is 2. The predicted molar refractivity (Wildman–Crippen MR) is 119 cm³/mol. The van der Waals surface area contributed by atoms with Crippen LogP contribution in [-0.2, 0) is 20.8 Å². The molecule has 3 heterocycles. The van der Waals surface area contributed by atoms with E-state index in [1.165, 1.54) is 21.8 Å². The van der Waals surface area contributed by atoms with Gasteiger partial charge in [0, 0.05) is 53.4 Å². The summed E-state index contributed by atoms with van der Waals surface area (Å²) in [6.07, 6.45) is 5.54. The molecular weight excluding hydrogens is 376 g/mol. The van der Waals surface area contributed by atoms with Gasteiger partial charge in [-0.2, -0.15) is 0 Å². The van der Waals surface area contributed by atoms with Crippen LogP contribution in [0, 0.1) is 5.92 Å². The largest absolute Gasteiger partial charge is 0.350 e. The van der Waals surface area contributed by atoms with Crippen molar-refractivity contribution in [3.05, 3.63) is 54.1 Å². The summed E-state index contributed by atoms with van der Waals surface area (Å²) in [5.41, 5.74) is 3.53. The summed E-state index contributed by atoms with van der Waals surface area (Å²) >= 11 is 0. The van der Waals surface area contributed by atoms with Crippen molar-refractivity contribution in [2.24, 2.45) is 5.92 Å². The molecule has 0 spiro atoms. The van der Waals surface area contributed by atoms with E-state index >= 15 is 0 Å². The highest BCUT2D eigenvalue weighted by Gasteiger charge is 2.32. The Morgan fingerprint density at radius 3 is 2.73 bits per heavy atom. The molecular formula is C25H28N2O3. The van der Waals surface area contributed by atoms with E-state index in [2.05, 4.69) is 54.0 Å². The Kier molecular flexibility index (Phi) is 5.32. The minimum absolute atomic E-state index is 0.0637. The molecule has 1 unspecified atom stereocenters. The van der Waals surface area contributed by atoms with E-state index < -0.39 is 0 Å². The van der Waals surface area contributed by atoms with Gasteiger partial charge in [-0.3, -0.25) is 4.79 Å². The number of ether oxygens (including phenoxy) is 2. The first-order valence-corrected chi connectivity index (χ1v) is 11.0. The van der Waals surface area contributed by atoms with Gasteiger partial charge in [-0.15, -0.1) is 0 Å². The molecule has 156 valence electrons. The standard InChI is InChI=1S/C25H28N2O3/c1-2-27-22-8-4-3-7-20(22)21-16-18(9-11-23(21)27)10-12-24(28)26-13-5-6-19(17-26)25-29-14-15-30-25/h3-4,7-12,16,19,25H,2,5-6,13-15,17H2,1H3/b12-10+. The molecule has 5 heteroatoms. The highest BCUT2D eigenvalue weighted by molar-refractivity contribution is 6.08. The van der Waals surface area contributed by atoms with Gasteiger partial charge in [-0.05, 0) is 49.6 Å². The number of rotatable bonds is 4. The molecule has 5 nitrogen and oxygen atoms in total. The Balaban J connectivity index is 1.36. The smallest absolute Gasteiger partial charge is 0.246 e. The summed E-state index contributed by atoms with van der Waals surface area (Å²) in [5.74, 6) is 0.337. The molecule has 0 radical (unpaired) electrons. The van der Waals surface area contributed by atoms with Crippen LogP contribution in [0.2, 0.25) is 0 Å². The second-order valence-corrected chi connectivity index (χ2v) is 8.17. The SMILES string of the molecule is CCn1c2ccccc2c2cc(/C=C/C(=O)N3CCCC(C4OCCO4)C3)ccc21. The number of likely N-dealkylation sites (tertiary alicyclic amines) is 1. The minimum atomic E-state index is -0.150. The van der Waals surface area contributed by atoms with Crippen molar-refractivity contribution >= 4 is 33.8 Å². The van der Waals surface area contributed by atoms with Gasteiger partial charge in [-0.25, -0.2) is 0 Å². The van der Waals surface area contributed by atoms with Crippen molar-refractivity contribution in [1.82, 2.24) is 9.47 Å². The zero-order valence-electron chi connectivity index (χ0n) is 17.4. The summed E-state index contributed by atoms with van der Waals surface area (Å²) in [5, 5.41) is 2.49. The maximum atomic E-state index is 12.8. The van der Waals surface area contributed by atoms with Crippen molar-refractivity contribution in [2.75, 3.05) is 26.3 Å². The molecule has 0 N–H and O–H groups in total. The number of amides is 1. The number of aryl methyl sites for hydroxylation is 1. The lowest BCUT2D eigenvalue weighted by atomic mass is 9.97. The number of para-hydroxylation sites is 1. The molecule has 2 aliphatic heterocycles. The Morgan fingerprint density at radius 2 is 1.90 bits per heavy atom. The summed E-state index contributed by atoms with van der Waals surface area (Å²) in [7, 11) is 0. The van der Waals surface area contributed by atoms with Crippen molar-refractivity contribution in [2.45, 2.75) is 32.6 Å². The quantitative estimate of drug-likeness (QED) is 0.604. The van der Waals surface area contributed by atoms with Gasteiger partial charge in [-0.1, -0.05) is 24.3 Å². The van der Waals surface area contributed by atoms with Crippen molar-refractivity contribution in [1.29, 1.82) is 0 Å². The first kappa shape index (κ1) is 19.3. The molecule has 0 bridgehead atoms. The summed E-state index contributed by atoms with van der Waals surface area (Å²) in [6.45, 7) is 5.93. The molecule has 2 aliphatic rings. The fraction of sp³-hybridized carbons (Fsp3) is 0.400. The van der Waals surface area contributed by atoms with E-state index in [1.807, 2.05) is 11.0 Å². The van der Waals surface area contributed by atoms with Gasteiger partial charge in [0.2, 0.25) is 5.91 Å². The number of hydrogen-bond donors (Lipinski definition) is 0. The molecule has 30 heavy (non-hydrogen) atoms. The Labute approximate surface area is 176 Å². The predicted octanol–water partition coefficient (Wildman–Crippen LogP) is 4.44.